The summed E-state index contributed by atoms with van der Waals surface area (Å²) < 4.78 is 55.6. The Labute approximate surface area is 286 Å². The second-order valence-electron chi connectivity index (χ2n) is 13.1. The molecule has 264 valence electrons. The summed E-state index contributed by atoms with van der Waals surface area (Å²) in [4.78, 5) is 21.6. The van der Waals surface area contributed by atoms with Gasteiger partial charge in [-0.05, 0) is 69.4 Å². The summed E-state index contributed by atoms with van der Waals surface area (Å²) in [7, 11) is 0. The highest BCUT2D eigenvalue weighted by atomic mass is 19.2. The Morgan fingerprint density at radius 1 is 0.771 bits per heavy atom. The average molecular weight is 669 g/mol. The van der Waals surface area contributed by atoms with Crippen LogP contribution < -0.4 is 9.47 Å². The SMILES string of the molecule is CCCCCCCCCC(C)(F)C(=O)Oc1ccc(-c2cnc(-c3ccccc3OC(CCCCCCCC)C(F)C(C)F)nc2)cc1. The lowest BCUT2D eigenvalue weighted by Crippen LogP contribution is -2.34. The van der Waals surface area contributed by atoms with E-state index in [1.165, 1.54) is 39.5 Å². The number of rotatable bonds is 23. The van der Waals surface area contributed by atoms with Crippen molar-refractivity contribution in [2.24, 2.45) is 0 Å². The molecule has 0 fully saturated rings. The molecule has 1 heterocycles. The normalized spacial score (nSPS) is 14.6. The molecule has 0 saturated carbocycles. The minimum atomic E-state index is -2.05. The molecule has 2 aromatic carbocycles. The lowest BCUT2D eigenvalue weighted by Gasteiger charge is -2.24. The van der Waals surface area contributed by atoms with Gasteiger partial charge >= 0.3 is 5.97 Å². The van der Waals surface area contributed by atoms with Crippen LogP contribution in [0.5, 0.6) is 11.5 Å². The number of halogens is 3. The van der Waals surface area contributed by atoms with Crippen LogP contribution in [0, 0.1) is 0 Å². The van der Waals surface area contributed by atoms with Crippen LogP contribution in [0.3, 0.4) is 0 Å². The number of unbranched alkanes of at least 4 members (excludes halogenated alkanes) is 11. The lowest BCUT2D eigenvalue weighted by molar-refractivity contribution is -0.147. The van der Waals surface area contributed by atoms with E-state index in [1.807, 2.05) is 6.07 Å². The molecule has 3 rings (SSSR count). The monoisotopic (exact) mass is 668 g/mol. The standard InChI is InChI=1S/C40H55F3N2O3/c1-5-7-9-11-13-15-19-27-40(4,43)39(46)47-33-25-23-31(24-26-33)32-28-44-38(45-29-32)34-20-17-18-21-35(34)48-36(37(42)30(3)41)22-16-14-12-10-8-6-2/h17-18,20-21,23-26,28-30,36-37H,5-16,19,22,27H2,1-4H3. The molecular weight excluding hydrogens is 613 g/mol. The van der Waals surface area contributed by atoms with Crippen molar-refractivity contribution < 1.29 is 27.4 Å². The molecule has 0 N–H and O–H groups in total. The topological polar surface area (TPSA) is 61.3 Å². The van der Waals surface area contributed by atoms with Crippen LogP contribution in [0.1, 0.15) is 124 Å². The summed E-state index contributed by atoms with van der Waals surface area (Å²) >= 11 is 0. The molecule has 0 aliphatic rings. The van der Waals surface area contributed by atoms with E-state index in [0.717, 1.165) is 62.5 Å². The van der Waals surface area contributed by atoms with E-state index < -0.39 is 30.1 Å². The predicted molar refractivity (Wildman–Crippen MR) is 189 cm³/mol. The van der Waals surface area contributed by atoms with Crippen molar-refractivity contribution in [3.05, 3.63) is 60.9 Å². The van der Waals surface area contributed by atoms with Crippen LogP contribution in [0.15, 0.2) is 60.9 Å². The van der Waals surface area contributed by atoms with Crippen molar-refractivity contribution >= 4 is 5.97 Å². The zero-order valence-electron chi connectivity index (χ0n) is 29.4. The van der Waals surface area contributed by atoms with Crippen LogP contribution in [-0.4, -0.2) is 40.1 Å². The first-order valence-corrected chi connectivity index (χ1v) is 18.0. The van der Waals surface area contributed by atoms with Crippen LogP contribution in [-0.2, 0) is 4.79 Å². The minimum Gasteiger partial charge on any atom is -0.487 e. The van der Waals surface area contributed by atoms with Crippen LogP contribution in [0.4, 0.5) is 13.2 Å². The third-order valence-electron chi connectivity index (χ3n) is 8.77. The molecular formula is C40H55F3N2O3. The summed E-state index contributed by atoms with van der Waals surface area (Å²) in [6, 6.07) is 13.9. The van der Waals surface area contributed by atoms with Gasteiger partial charge in [-0.2, -0.15) is 0 Å². The molecule has 3 aromatic rings. The number of para-hydroxylation sites is 1. The maximum absolute atomic E-state index is 15.1. The summed E-state index contributed by atoms with van der Waals surface area (Å²) in [6.07, 6.45) is 13.2. The highest BCUT2D eigenvalue weighted by Gasteiger charge is 2.34. The van der Waals surface area contributed by atoms with Gasteiger partial charge in [-0.25, -0.2) is 27.9 Å². The number of hydrogen-bond donors (Lipinski definition) is 0. The molecule has 0 aliphatic carbocycles. The molecule has 8 heteroatoms. The molecule has 1 aromatic heterocycles. The van der Waals surface area contributed by atoms with E-state index in [2.05, 4.69) is 23.8 Å². The summed E-state index contributed by atoms with van der Waals surface area (Å²) in [5.41, 5.74) is 0.0483. The Kier molecular flexibility index (Phi) is 16.9. The fourth-order valence-corrected chi connectivity index (χ4v) is 5.68. The summed E-state index contributed by atoms with van der Waals surface area (Å²) in [5.74, 6) is 0.178. The average Bonchev–Trinajstić information content (AvgIpc) is 3.09. The Morgan fingerprint density at radius 2 is 1.33 bits per heavy atom. The van der Waals surface area contributed by atoms with E-state index in [-0.39, 0.29) is 12.2 Å². The number of carbonyl (C=O) groups excluding carboxylic acids is 1. The van der Waals surface area contributed by atoms with E-state index in [4.69, 9.17) is 9.47 Å². The second kappa shape index (κ2) is 20.8. The van der Waals surface area contributed by atoms with Gasteiger partial charge in [0.25, 0.3) is 0 Å². The lowest BCUT2D eigenvalue weighted by atomic mass is 9.99. The van der Waals surface area contributed by atoms with Crippen LogP contribution in [0.25, 0.3) is 22.5 Å². The van der Waals surface area contributed by atoms with Gasteiger partial charge in [0.05, 0.1) is 5.56 Å². The van der Waals surface area contributed by atoms with E-state index in [0.29, 0.717) is 30.0 Å². The fraction of sp³-hybridized carbons (Fsp3) is 0.575. The molecule has 0 spiro atoms. The molecule has 0 saturated heterocycles. The summed E-state index contributed by atoms with van der Waals surface area (Å²) in [5, 5.41) is 0. The number of esters is 1. The van der Waals surface area contributed by atoms with Crippen molar-refractivity contribution in [3.63, 3.8) is 0 Å². The highest BCUT2D eigenvalue weighted by molar-refractivity contribution is 5.81. The number of aromatic nitrogens is 2. The number of nitrogens with zero attached hydrogens (tertiary/aromatic N) is 2. The molecule has 5 nitrogen and oxygen atoms in total. The number of carbonyl (C=O) groups is 1. The molecule has 48 heavy (non-hydrogen) atoms. The van der Waals surface area contributed by atoms with Gasteiger partial charge in [-0.3, -0.25) is 0 Å². The van der Waals surface area contributed by atoms with E-state index in [1.54, 1.807) is 54.9 Å². The molecule has 4 unspecified atom stereocenters. The third kappa shape index (κ3) is 12.9. The van der Waals surface area contributed by atoms with Crippen LogP contribution >= 0.6 is 0 Å². The first-order valence-electron chi connectivity index (χ1n) is 18.0. The van der Waals surface area contributed by atoms with Gasteiger partial charge in [-0.15, -0.1) is 0 Å². The van der Waals surface area contributed by atoms with Gasteiger partial charge in [0.15, 0.2) is 12.0 Å². The number of ether oxygens (including phenoxy) is 2. The molecule has 0 bridgehead atoms. The molecule has 4 atom stereocenters. The van der Waals surface area contributed by atoms with Gasteiger partial charge < -0.3 is 9.47 Å². The van der Waals surface area contributed by atoms with Gasteiger partial charge in [-0.1, -0.05) is 109 Å². The Morgan fingerprint density at radius 3 is 1.94 bits per heavy atom. The molecule has 0 radical (unpaired) electrons. The van der Waals surface area contributed by atoms with Gasteiger partial charge in [0.2, 0.25) is 5.67 Å². The van der Waals surface area contributed by atoms with Crippen molar-refractivity contribution in [3.8, 4) is 34.0 Å². The maximum Gasteiger partial charge on any atom is 0.348 e. The number of benzene rings is 2. The van der Waals surface area contributed by atoms with Gasteiger partial charge in [0.1, 0.15) is 23.8 Å². The van der Waals surface area contributed by atoms with Crippen LogP contribution in [0.2, 0.25) is 0 Å². The molecule has 0 aliphatic heterocycles. The smallest absolute Gasteiger partial charge is 0.348 e. The van der Waals surface area contributed by atoms with Crippen molar-refractivity contribution in [2.45, 2.75) is 148 Å². The summed E-state index contributed by atoms with van der Waals surface area (Å²) in [6.45, 7) is 6.85. The first kappa shape index (κ1) is 39.0. The van der Waals surface area contributed by atoms with Crippen molar-refractivity contribution in [1.29, 1.82) is 0 Å². The van der Waals surface area contributed by atoms with Crippen molar-refractivity contribution in [2.75, 3.05) is 0 Å². The Balaban J connectivity index is 1.60. The highest BCUT2D eigenvalue weighted by Crippen LogP contribution is 2.32. The number of alkyl halides is 3. The van der Waals surface area contributed by atoms with E-state index in [9.17, 15) is 13.6 Å². The second-order valence-corrected chi connectivity index (χ2v) is 13.1. The fourth-order valence-electron chi connectivity index (χ4n) is 5.68. The van der Waals surface area contributed by atoms with Gasteiger partial charge in [0, 0.05) is 18.0 Å². The largest absolute Gasteiger partial charge is 0.487 e. The minimum absolute atomic E-state index is 0.138. The Bertz CT molecular complexity index is 1330. The third-order valence-corrected chi connectivity index (χ3v) is 8.77. The Hall–Kier alpha value is -3.42. The zero-order valence-corrected chi connectivity index (χ0v) is 29.4. The zero-order chi connectivity index (χ0) is 34.8. The predicted octanol–water partition coefficient (Wildman–Crippen LogP) is 11.8. The number of hydrogen-bond acceptors (Lipinski definition) is 5. The maximum atomic E-state index is 15.1. The quantitative estimate of drug-likeness (QED) is 0.0572. The van der Waals surface area contributed by atoms with E-state index >= 15 is 4.39 Å². The van der Waals surface area contributed by atoms with Crippen molar-refractivity contribution in [1.82, 2.24) is 9.97 Å². The molecule has 0 amide bonds. The first-order chi connectivity index (χ1) is 23.2.